The lowest BCUT2D eigenvalue weighted by Gasteiger charge is -2.01. The number of hydrogen-bond donors (Lipinski definition) is 1. The fourth-order valence-corrected chi connectivity index (χ4v) is 2.98. The zero-order valence-electron chi connectivity index (χ0n) is 10.6. The molecule has 4 nitrogen and oxygen atoms in total. The van der Waals surface area contributed by atoms with Crippen LogP contribution in [0.1, 0.15) is 11.3 Å². The molecule has 0 unspecified atom stereocenters. The van der Waals surface area contributed by atoms with Gasteiger partial charge in [0.05, 0.1) is 11.1 Å². The van der Waals surface area contributed by atoms with Crippen LogP contribution in [0.4, 0.5) is 0 Å². The SMILES string of the molecule is Cc1cc(=O)oc2n[nH]c(CSc3ccc(Cl)cc3)c12. The number of halogens is 1. The van der Waals surface area contributed by atoms with Gasteiger partial charge in [-0.2, -0.15) is 0 Å². The maximum absolute atomic E-state index is 11.3. The first-order valence-electron chi connectivity index (χ1n) is 5.99. The van der Waals surface area contributed by atoms with Crippen LogP contribution >= 0.6 is 23.4 Å². The molecule has 3 rings (SSSR count). The van der Waals surface area contributed by atoms with Gasteiger partial charge in [-0.05, 0) is 36.8 Å². The van der Waals surface area contributed by atoms with E-state index in [4.69, 9.17) is 16.0 Å². The van der Waals surface area contributed by atoms with Gasteiger partial charge in [0.2, 0.25) is 5.71 Å². The van der Waals surface area contributed by atoms with Crippen LogP contribution in [0.2, 0.25) is 5.02 Å². The van der Waals surface area contributed by atoms with Crippen LogP contribution < -0.4 is 5.63 Å². The Balaban J connectivity index is 1.88. The van der Waals surface area contributed by atoms with E-state index in [-0.39, 0.29) is 5.63 Å². The van der Waals surface area contributed by atoms with Crippen molar-refractivity contribution in [2.45, 2.75) is 17.6 Å². The topological polar surface area (TPSA) is 58.9 Å². The highest BCUT2D eigenvalue weighted by Gasteiger charge is 2.11. The Kier molecular flexibility index (Phi) is 3.54. The number of hydrogen-bond acceptors (Lipinski definition) is 4. The van der Waals surface area contributed by atoms with Gasteiger partial charge in [0.1, 0.15) is 0 Å². The Morgan fingerprint density at radius 2 is 2.10 bits per heavy atom. The molecule has 20 heavy (non-hydrogen) atoms. The summed E-state index contributed by atoms with van der Waals surface area (Å²) in [5.74, 6) is 0.715. The van der Waals surface area contributed by atoms with Crippen molar-refractivity contribution >= 4 is 34.5 Å². The number of rotatable bonds is 3. The number of aromatic amines is 1. The summed E-state index contributed by atoms with van der Waals surface area (Å²) in [4.78, 5) is 12.4. The maximum Gasteiger partial charge on any atom is 0.337 e. The third-order valence-electron chi connectivity index (χ3n) is 2.93. The Bertz CT molecular complexity index is 808. The van der Waals surface area contributed by atoms with Crippen molar-refractivity contribution in [2.75, 3.05) is 0 Å². The van der Waals surface area contributed by atoms with E-state index in [1.54, 1.807) is 11.8 Å². The first-order chi connectivity index (χ1) is 9.63. The van der Waals surface area contributed by atoms with Crippen LogP contribution in [0.25, 0.3) is 11.1 Å². The Labute approximate surface area is 124 Å². The molecule has 102 valence electrons. The molecule has 3 aromatic rings. The number of nitrogens with one attached hydrogen (secondary N) is 1. The number of H-pyrrole nitrogens is 1. The summed E-state index contributed by atoms with van der Waals surface area (Å²) in [5, 5.41) is 8.58. The van der Waals surface area contributed by atoms with E-state index < -0.39 is 0 Å². The average molecular weight is 307 g/mol. The summed E-state index contributed by atoms with van der Waals surface area (Å²) >= 11 is 7.52. The molecule has 6 heteroatoms. The predicted molar refractivity (Wildman–Crippen MR) is 80.4 cm³/mol. The lowest BCUT2D eigenvalue weighted by Crippen LogP contribution is -1.97. The molecule has 2 aromatic heterocycles. The molecule has 0 aliphatic rings. The molecule has 0 spiro atoms. The van der Waals surface area contributed by atoms with Crippen molar-refractivity contribution in [3.05, 3.63) is 57.0 Å². The van der Waals surface area contributed by atoms with Crippen LogP contribution in [-0.4, -0.2) is 10.2 Å². The number of benzene rings is 1. The van der Waals surface area contributed by atoms with Gasteiger partial charge in [0.15, 0.2) is 0 Å². The number of nitrogens with zero attached hydrogens (tertiary/aromatic N) is 1. The second-order valence-corrected chi connectivity index (χ2v) is 5.86. The number of aryl methyl sites for hydroxylation is 1. The van der Waals surface area contributed by atoms with Crippen molar-refractivity contribution < 1.29 is 4.42 Å². The summed E-state index contributed by atoms with van der Waals surface area (Å²) in [7, 11) is 0. The first kappa shape index (κ1) is 13.3. The second-order valence-electron chi connectivity index (χ2n) is 4.37. The molecule has 0 amide bonds. The molecule has 2 heterocycles. The molecule has 0 saturated carbocycles. The first-order valence-corrected chi connectivity index (χ1v) is 7.36. The van der Waals surface area contributed by atoms with Gasteiger partial charge in [-0.25, -0.2) is 4.79 Å². The van der Waals surface area contributed by atoms with Crippen LogP contribution in [0.3, 0.4) is 0 Å². The summed E-state index contributed by atoms with van der Waals surface area (Å²) in [6, 6.07) is 9.14. The van der Waals surface area contributed by atoms with Crippen LogP contribution in [0, 0.1) is 6.92 Å². The highest BCUT2D eigenvalue weighted by Crippen LogP contribution is 2.27. The molecule has 0 radical (unpaired) electrons. The quantitative estimate of drug-likeness (QED) is 0.748. The minimum Gasteiger partial charge on any atom is -0.402 e. The normalized spacial score (nSPS) is 11.1. The van der Waals surface area contributed by atoms with Crippen molar-refractivity contribution in [1.29, 1.82) is 0 Å². The van der Waals surface area contributed by atoms with E-state index in [1.807, 2.05) is 31.2 Å². The minimum atomic E-state index is -0.376. The lowest BCUT2D eigenvalue weighted by molar-refractivity contribution is 0.547. The van der Waals surface area contributed by atoms with Crippen molar-refractivity contribution in [1.82, 2.24) is 10.2 Å². The predicted octanol–water partition coefficient (Wildman–Crippen LogP) is 3.77. The lowest BCUT2D eigenvalue weighted by atomic mass is 10.2. The molecule has 0 bridgehead atoms. The molecule has 1 aromatic carbocycles. The third kappa shape index (κ3) is 2.59. The standard InChI is InChI=1S/C14H11ClN2O2S/c1-8-6-12(18)19-14-13(8)11(16-17-14)7-20-10-4-2-9(15)3-5-10/h2-6H,7H2,1H3,(H,16,17). The van der Waals surface area contributed by atoms with E-state index in [0.717, 1.165) is 26.6 Å². The summed E-state index contributed by atoms with van der Waals surface area (Å²) < 4.78 is 5.07. The van der Waals surface area contributed by atoms with Gasteiger partial charge in [-0.15, -0.1) is 16.9 Å². The van der Waals surface area contributed by atoms with Crippen LogP contribution in [0.15, 0.2) is 44.4 Å². The van der Waals surface area contributed by atoms with Crippen LogP contribution in [-0.2, 0) is 5.75 Å². The van der Waals surface area contributed by atoms with Crippen molar-refractivity contribution in [3.8, 4) is 0 Å². The molecule has 0 aliphatic carbocycles. The number of fused-ring (bicyclic) bond motifs is 1. The molecular formula is C14H11ClN2O2S. The van der Waals surface area contributed by atoms with Gasteiger partial charge in [-0.3, -0.25) is 5.10 Å². The summed E-state index contributed by atoms with van der Waals surface area (Å²) in [5.41, 5.74) is 1.80. The zero-order chi connectivity index (χ0) is 14.1. The molecule has 0 fully saturated rings. The zero-order valence-corrected chi connectivity index (χ0v) is 12.2. The smallest absolute Gasteiger partial charge is 0.337 e. The van der Waals surface area contributed by atoms with Gasteiger partial charge in [0.25, 0.3) is 0 Å². The van der Waals surface area contributed by atoms with Gasteiger partial charge in [0, 0.05) is 21.7 Å². The average Bonchev–Trinajstić information content (AvgIpc) is 2.81. The van der Waals surface area contributed by atoms with Gasteiger partial charge >= 0.3 is 5.63 Å². The number of aromatic nitrogens is 2. The summed E-state index contributed by atoms with van der Waals surface area (Å²) in [6.07, 6.45) is 0. The van der Waals surface area contributed by atoms with E-state index >= 15 is 0 Å². The van der Waals surface area contributed by atoms with E-state index in [1.165, 1.54) is 6.07 Å². The molecule has 0 atom stereocenters. The Hall–Kier alpha value is -1.72. The van der Waals surface area contributed by atoms with Crippen molar-refractivity contribution in [2.24, 2.45) is 0 Å². The largest absolute Gasteiger partial charge is 0.402 e. The van der Waals surface area contributed by atoms with E-state index in [0.29, 0.717) is 11.5 Å². The highest BCUT2D eigenvalue weighted by molar-refractivity contribution is 7.98. The third-order valence-corrected chi connectivity index (χ3v) is 4.22. The Morgan fingerprint density at radius 1 is 1.35 bits per heavy atom. The monoisotopic (exact) mass is 306 g/mol. The van der Waals surface area contributed by atoms with Crippen molar-refractivity contribution in [3.63, 3.8) is 0 Å². The van der Waals surface area contributed by atoms with E-state index in [2.05, 4.69) is 10.2 Å². The maximum atomic E-state index is 11.3. The summed E-state index contributed by atoms with van der Waals surface area (Å²) in [6.45, 7) is 1.88. The van der Waals surface area contributed by atoms with Crippen LogP contribution in [0.5, 0.6) is 0 Å². The molecule has 0 saturated heterocycles. The molecule has 1 N–H and O–H groups in total. The fourth-order valence-electron chi connectivity index (χ4n) is 2.00. The van der Waals surface area contributed by atoms with Gasteiger partial charge in [-0.1, -0.05) is 11.6 Å². The molecule has 0 aliphatic heterocycles. The van der Waals surface area contributed by atoms with Gasteiger partial charge < -0.3 is 4.42 Å². The fraction of sp³-hybridized carbons (Fsp3) is 0.143. The highest BCUT2D eigenvalue weighted by atomic mass is 35.5. The molecular weight excluding hydrogens is 296 g/mol. The van der Waals surface area contributed by atoms with E-state index in [9.17, 15) is 4.79 Å². The second kappa shape index (κ2) is 5.34. The minimum absolute atomic E-state index is 0.363. The number of thioether (sulfide) groups is 1. The Morgan fingerprint density at radius 3 is 2.85 bits per heavy atom.